The summed E-state index contributed by atoms with van der Waals surface area (Å²) in [6, 6.07) is 7.65. The molecule has 1 aliphatic heterocycles. The first-order valence-corrected chi connectivity index (χ1v) is 8.11. The molecule has 24 heavy (non-hydrogen) atoms. The van der Waals surface area contributed by atoms with E-state index in [9.17, 15) is 4.79 Å². The van der Waals surface area contributed by atoms with Gasteiger partial charge in [0.05, 0.1) is 24.4 Å². The van der Waals surface area contributed by atoms with Crippen molar-refractivity contribution in [1.29, 1.82) is 0 Å². The second-order valence-electron chi connectivity index (χ2n) is 5.84. The van der Waals surface area contributed by atoms with E-state index in [1.54, 1.807) is 17.0 Å². The van der Waals surface area contributed by atoms with E-state index in [4.69, 9.17) is 9.72 Å². The van der Waals surface area contributed by atoms with E-state index in [0.717, 1.165) is 49.6 Å². The molecule has 124 valence electrons. The molecule has 0 aromatic carbocycles. The van der Waals surface area contributed by atoms with Crippen molar-refractivity contribution in [3.05, 3.63) is 47.1 Å². The van der Waals surface area contributed by atoms with Crippen molar-refractivity contribution in [2.45, 2.75) is 6.54 Å². The molecule has 0 radical (unpaired) electrons. The van der Waals surface area contributed by atoms with Gasteiger partial charge in [-0.05, 0) is 24.3 Å². The number of nitrogens with zero attached hydrogens (tertiary/aromatic N) is 4. The van der Waals surface area contributed by atoms with Crippen LogP contribution in [0, 0.1) is 0 Å². The molecule has 4 heterocycles. The number of aromatic nitrogens is 4. The Hall–Kier alpha value is -2.51. The molecule has 0 amide bonds. The number of rotatable bonds is 4. The number of imidazole rings is 1. The normalized spacial score (nSPS) is 15.8. The highest BCUT2D eigenvalue weighted by atomic mass is 16.5. The van der Waals surface area contributed by atoms with E-state index in [1.807, 2.05) is 24.3 Å². The molecule has 3 aromatic rings. The SMILES string of the molecule is O=c1[nH]c2ccc(-c3ccncc3)nc2n1CCN1CCOCC1. The van der Waals surface area contributed by atoms with Crippen LogP contribution in [0.5, 0.6) is 0 Å². The smallest absolute Gasteiger partial charge is 0.327 e. The van der Waals surface area contributed by atoms with Gasteiger partial charge in [0, 0.05) is 44.1 Å². The Morgan fingerprint density at radius 1 is 1.08 bits per heavy atom. The summed E-state index contributed by atoms with van der Waals surface area (Å²) in [6.07, 6.45) is 3.48. The van der Waals surface area contributed by atoms with Gasteiger partial charge in [0.25, 0.3) is 0 Å². The molecule has 7 nitrogen and oxygen atoms in total. The summed E-state index contributed by atoms with van der Waals surface area (Å²) in [5, 5.41) is 0. The molecule has 0 unspecified atom stereocenters. The monoisotopic (exact) mass is 325 g/mol. The van der Waals surface area contributed by atoms with Crippen molar-refractivity contribution in [2.24, 2.45) is 0 Å². The van der Waals surface area contributed by atoms with Gasteiger partial charge in [0.1, 0.15) is 0 Å². The number of fused-ring (bicyclic) bond motifs is 1. The number of pyridine rings is 2. The van der Waals surface area contributed by atoms with Crippen molar-refractivity contribution < 1.29 is 4.74 Å². The van der Waals surface area contributed by atoms with Gasteiger partial charge in [-0.25, -0.2) is 9.78 Å². The second kappa shape index (κ2) is 6.54. The van der Waals surface area contributed by atoms with Crippen LogP contribution >= 0.6 is 0 Å². The van der Waals surface area contributed by atoms with Gasteiger partial charge < -0.3 is 9.72 Å². The number of hydrogen-bond acceptors (Lipinski definition) is 5. The van der Waals surface area contributed by atoms with Crippen LogP contribution < -0.4 is 5.69 Å². The number of H-pyrrole nitrogens is 1. The van der Waals surface area contributed by atoms with E-state index in [1.165, 1.54) is 0 Å². The van der Waals surface area contributed by atoms with Gasteiger partial charge in [0.2, 0.25) is 0 Å². The first kappa shape index (κ1) is 15.0. The Kier molecular flexibility index (Phi) is 4.10. The zero-order valence-corrected chi connectivity index (χ0v) is 13.3. The van der Waals surface area contributed by atoms with Crippen LogP contribution in [0.25, 0.3) is 22.4 Å². The van der Waals surface area contributed by atoms with Gasteiger partial charge >= 0.3 is 5.69 Å². The topological polar surface area (TPSA) is 76.0 Å². The molecule has 0 atom stereocenters. The third-order valence-electron chi connectivity index (χ3n) is 4.34. The lowest BCUT2D eigenvalue weighted by Gasteiger charge is -2.26. The molecular formula is C17H19N5O2. The zero-order chi connectivity index (χ0) is 16.4. The summed E-state index contributed by atoms with van der Waals surface area (Å²) < 4.78 is 7.08. The van der Waals surface area contributed by atoms with Crippen LogP contribution in [0.1, 0.15) is 0 Å². The third-order valence-corrected chi connectivity index (χ3v) is 4.34. The molecule has 0 saturated carbocycles. The quantitative estimate of drug-likeness (QED) is 0.778. The maximum absolute atomic E-state index is 12.3. The van der Waals surface area contributed by atoms with Gasteiger partial charge in [-0.1, -0.05) is 0 Å². The standard InChI is InChI=1S/C17H19N5O2/c23-17-20-15-2-1-14(13-3-5-18-6-4-13)19-16(15)22(17)8-7-21-9-11-24-12-10-21/h1-6H,7-12H2,(H,20,23). The summed E-state index contributed by atoms with van der Waals surface area (Å²) >= 11 is 0. The molecule has 1 aliphatic rings. The summed E-state index contributed by atoms with van der Waals surface area (Å²) in [6.45, 7) is 4.77. The largest absolute Gasteiger partial charge is 0.379 e. The summed E-state index contributed by atoms with van der Waals surface area (Å²) in [4.78, 5) is 26.2. The van der Waals surface area contributed by atoms with Gasteiger partial charge in [-0.3, -0.25) is 14.5 Å². The summed E-state index contributed by atoms with van der Waals surface area (Å²) in [7, 11) is 0. The van der Waals surface area contributed by atoms with Gasteiger partial charge in [-0.2, -0.15) is 0 Å². The van der Waals surface area contributed by atoms with Crippen LogP contribution in [-0.4, -0.2) is 57.3 Å². The minimum atomic E-state index is -0.113. The molecule has 7 heteroatoms. The van der Waals surface area contributed by atoms with Crippen molar-refractivity contribution in [3.63, 3.8) is 0 Å². The van der Waals surface area contributed by atoms with Crippen LogP contribution in [0.15, 0.2) is 41.5 Å². The fourth-order valence-electron chi connectivity index (χ4n) is 2.99. The average Bonchev–Trinajstić information content (AvgIpc) is 2.96. The van der Waals surface area contributed by atoms with E-state index in [-0.39, 0.29) is 5.69 Å². The van der Waals surface area contributed by atoms with E-state index in [0.29, 0.717) is 12.2 Å². The van der Waals surface area contributed by atoms with E-state index in [2.05, 4.69) is 14.9 Å². The Bertz CT molecular complexity index is 881. The summed E-state index contributed by atoms with van der Waals surface area (Å²) in [5.74, 6) is 0. The van der Waals surface area contributed by atoms with Crippen LogP contribution in [-0.2, 0) is 11.3 Å². The molecule has 0 bridgehead atoms. The van der Waals surface area contributed by atoms with Crippen LogP contribution in [0.2, 0.25) is 0 Å². The van der Waals surface area contributed by atoms with Crippen LogP contribution in [0.3, 0.4) is 0 Å². The first-order chi connectivity index (χ1) is 11.8. The predicted molar refractivity (Wildman–Crippen MR) is 90.8 cm³/mol. The Labute approximate surface area is 138 Å². The Balaban J connectivity index is 1.64. The number of ether oxygens (including phenoxy) is 1. The maximum atomic E-state index is 12.3. The van der Waals surface area contributed by atoms with Crippen molar-refractivity contribution in [3.8, 4) is 11.3 Å². The first-order valence-electron chi connectivity index (χ1n) is 8.11. The van der Waals surface area contributed by atoms with Gasteiger partial charge in [0.15, 0.2) is 5.65 Å². The summed E-state index contributed by atoms with van der Waals surface area (Å²) in [5.41, 5.74) is 3.17. The van der Waals surface area contributed by atoms with E-state index >= 15 is 0 Å². The highest BCUT2D eigenvalue weighted by Crippen LogP contribution is 2.18. The highest BCUT2D eigenvalue weighted by Gasteiger charge is 2.13. The minimum Gasteiger partial charge on any atom is -0.379 e. The molecule has 0 aliphatic carbocycles. The predicted octanol–water partition coefficient (Wildman–Crippen LogP) is 1.12. The molecule has 3 aromatic heterocycles. The highest BCUT2D eigenvalue weighted by molar-refractivity contribution is 5.75. The number of aromatic amines is 1. The third kappa shape index (κ3) is 2.95. The van der Waals surface area contributed by atoms with Crippen LogP contribution in [0.4, 0.5) is 0 Å². The van der Waals surface area contributed by atoms with Crippen molar-refractivity contribution in [1.82, 2.24) is 24.4 Å². The minimum absolute atomic E-state index is 0.113. The fraction of sp³-hybridized carbons (Fsp3) is 0.353. The lowest BCUT2D eigenvalue weighted by Crippen LogP contribution is -2.39. The lowest BCUT2D eigenvalue weighted by molar-refractivity contribution is 0.0364. The number of hydrogen-bond donors (Lipinski definition) is 1. The van der Waals surface area contributed by atoms with Crippen molar-refractivity contribution in [2.75, 3.05) is 32.8 Å². The maximum Gasteiger partial charge on any atom is 0.327 e. The second-order valence-corrected chi connectivity index (χ2v) is 5.84. The Morgan fingerprint density at radius 3 is 2.67 bits per heavy atom. The molecule has 1 saturated heterocycles. The van der Waals surface area contributed by atoms with Gasteiger partial charge in [-0.15, -0.1) is 0 Å². The molecule has 0 spiro atoms. The molecular weight excluding hydrogens is 306 g/mol. The zero-order valence-electron chi connectivity index (χ0n) is 13.3. The number of morpholine rings is 1. The average molecular weight is 325 g/mol. The molecule has 4 rings (SSSR count). The molecule has 1 N–H and O–H groups in total. The molecule has 1 fully saturated rings. The fourth-order valence-corrected chi connectivity index (χ4v) is 2.99. The number of nitrogens with one attached hydrogen (secondary N) is 1. The lowest BCUT2D eigenvalue weighted by atomic mass is 10.2. The Morgan fingerprint density at radius 2 is 1.88 bits per heavy atom. The van der Waals surface area contributed by atoms with Crippen molar-refractivity contribution >= 4 is 11.2 Å². The van der Waals surface area contributed by atoms with E-state index < -0.39 is 0 Å².